The standard InChI is InChI=1S/C22H26N6O2/c1-4-15-5-7-16(8-6-15)20(14(2)3)24-19(29)13-28-26-22(25-27-28)18-11-9-17(10-12-18)21(23)30/h5-12,14,20H,4,13H2,1-3H3,(H2,23,30)(H,24,29)/t20-/m1/s1. The van der Waals surface area contributed by atoms with Crippen molar-refractivity contribution in [2.45, 2.75) is 39.8 Å². The molecule has 1 heterocycles. The molecular weight excluding hydrogens is 380 g/mol. The van der Waals surface area contributed by atoms with Crippen molar-refractivity contribution in [1.82, 2.24) is 25.5 Å². The zero-order valence-corrected chi connectivity index (χ0v) is 17.4. The third kappa shape index (κ3) is 5.08. The monoisotopic (exact) mass is 406 g/mol. The summed E-state index contributed by atoms with van der Waals surface area (Å²) in [6.45, 7) is 6.21. The molecule has 0 saturated carbocycles. The van der Waals surface area contributed by atoms with Crippen LogP contribution < -0.4 is 11.1 Å². The molecule has 2 amide bonds. The first-order valence-electron chi connectivity index (χ1n) is 9.93. The van der Waals surface area contributed by atoms with Gasteiger partial charge in [0.1, 0.15) is 6.54 Å². The number of hydrogen-bond acceptors (Lipinski definition) is 5. The number of carbonyl (C=O) groups is 2. The highest BCUT2D eigenvalue weighted by Gasteiger charge is 2.19. The summed E-state index contributed by atoms with van der Waals surface area (Å²) >= 11 is 0. The second kappa shape index (κ2) is 9.30. The fraction of sp³-hybridized carbons (Fsp3) is 0.318. The van der Waals surface area contributed by atoms with Gasteiger partial charge in [-0.2, -0.15) is 4.80 Å². The van der Waals surface area contributed by atoms with Gasteiger partial charge in [0, 0.05) is 11.1 Å². The van der Waals surface area contributed by atoms with Crippen LogP contribution in [0, 0.1) is 5.92 Å². The Morgan fingerprint density at radius 2 is 1.73 bits per heavy atom. The van der Waals surface area contributed by atoms with E-state index in [1.807, 2.05) is 0 Å². The number of nitrogens with zero attached hydrogens (tertiary/aromatic N) is 4. The summed E-state index contributed by atoms with van der Waals surface area (Å²) in [4.78, 5) is 25.0. The lowest BCUT2D eigenvalue weighted by Crippen LogP contribution is -2.34. The van der Waals surface area contributed by atoms with E-state index in [1.165, 1.54) is 10.4 Å². The summed E-state index contributed by atoms with van der Waals surface area (Å²) < 4.78 is 0. The van der Waals surface area contributed by atoms with E-state index >= 15 is 0 Å². The summed E-state index contributed by atoms with van der Waals surface area (Å²) in [6, 6.07) is 14.8. The van der Waals surface area contributed by atoms with Crippen molar-refractivity contribution < 1.29 is 9.59 Å². The maximum atomic E-state index is 12.6. The molecule has 1 atom stereocenters. The topological polar surface area (TPSA) is 116 Å². The average Bonchev–Trinajstić information content (AvgIpc) is 3.20. The normalized spacial score (nSPS) is 12.0. The molecule has 0 radical (unpaired) electrons. The fourth-order valence-corrected chi connectivity index (χ4v) is 3.15. The van der Waals surface area contributed by atoms with Crippen LogP contribution in [0.3, 0.4) is 0 Å². The first kappa shape index (κ1) is 21.2. The smallest absolute Gasteiger partial charge is 0.248 e. The molecule has 8 nitrogen and oxygen atoms in total. The van der Waals surface area contributed by atoms with E-state index in [9.17, 15) is 9.59 Å². The van der Waals surface area contributed by atoms with Gasteiger partial charge in [-0.25, -0.2) is 0 Å². The van der Waals surface area contributed by atoms with Crippen LogP contribution in [-0.2, 0) is 17.8 Å². The van der Waals surface area contributed by atoms with Crippen molar-refractivity contribution in [1.29, 1.82) is 0 Å². The van der Waals surface area contributed by atoms with E-state index in [-0.39, 0.29) is 24.4 Å². The van der Waals surface area contributed by atoms with Crippen molar-refractivity contribution in [2.24, 2.45) is 11.7 Å². The number of rotatable bonds is 8. The number of carbonyl (C=O) groups excluding carboxylic acids is 2. The van der Waals surface area contributed by atoms with Gasteiger partial charge in [-0.1, -0.05) is 57.2 Å². The van der Waals surface area contributed by atoms with Gasteiger partial charge in [-0.3, -0.25) is 9.59 Å². The molecule has 3 N–H and O–H groups in total. The SMILES string of the molecule is CCc1ccc([C@H](NC(=O)Cn2nnc(-c3ccc(C(N)=O)cc3)n2)C(C)C)cc1. The predicted molar refractivity (Wildman–Crippen MR) is 113 cm³/mol. The van der Waals surface area contributed by atoms with Gasteiger partial charge in [0.2, 0.25) is 17.6 Å². The second-order valence-corrected chi connectivity index (χ2v) is 7.47. The Balaban J connectivity index is 1.67. The zero-order valence-electron chi connectivity index (χ0n) is 17.4. The molecule has 3 rings (SSSR count). The molecule has 3 aromatic rings. The predicted octanol–water partition coefficient (Wildman–Crippen LogP) is 2.51. The Morgan fingerprint density at radius 3 is 2.30 bits per heavy atom. The molecule has 2 aromatic carbocycles. The van der Waals surface area contributed by atoms with E-state index in [1.54, 1.807) is 24.3 Å². The highest BCUT2D eigenvalue weighted by molar-refractivity contribution is 5.93. The highest BCUT2D eigenvalue weighted by atomic mass is 16.2. The number of nitrogens with two attached hydrogens (primary N) is 1. The summed E-state index contributed by atoms with van der Waals surface area (Å²) in [5, 5.41) is 15.3. The fourth-order valence-electron chi connectivity index (χ4n) is 3.15. The Bertz CT molecular complexity index is 1010. The lowest BCUT2D eigenvalue weighted by atomic mass is 9.95. The lowest BCUT2D eigenvalue weighted by Gasteiger charge is -2.23. The molecule has 8 heteroatoms. The van der Waals surface area contributed by atoms with Crippen LogP contribution in [0.25, 0.3) is 11.4 Å². The Hall–Kier alpha value is -3.55. The highest BCUT2D eigenvalue weighted by Crippen LogP contribution is 2.22. The van der Waals surface area contributed by atoms with Crippen LogP contribution in [0.1, 0.15) is 48.3 Å². The van der Waals surface area contributed by atoms with Gasteiger partial charge in [0.25, 0.3) is 0 Å². The van der Waals surface area contributed by atoms with E-state index in [4.69, 9.17) is 5.73 Å². The van der Waals surface area contributed by atoms with Crippen LogP contribution in [-0.4, -0.2) is 32.0 Å². The quantitative estimate of drug-likeness (QED) is 0.596. The lowest BCUT2D eigenvalue weighted by molar-refractivity contribution is -0.123. The Kier molecular flexibility index (Phi) is 6.56. The Morgan fingerprint density at radius 1 is 1.07 bits per heavy atom. The molecule has 0 aliphatic heterocycles. The second-order valence-electron chi connectivity index (χ2n) is 7.47. The minimum atomic E-state index is -0.501. The summed E-state index contributed by atoms with van der Waals surface area (Å²) in [7, 11) is 0. The van der Waals surface area contributed by atoms with Crippen LogP contribution in [0.4, 0.5) is 0 Å². The van der Waals surface area contributed by atoms with Crippen LogP contribution in [0.2, 0.25) is 0 Å². The molecular formula is C22H26N6O2. The number of primary amides is 1. The van der Waals surface area contributed by atoms with Gasteiger partial charge < -0.3 is 11.1 Å². The molecule has 0 aliphatic rings. The van der Waals surface area contributed by atoms with E-state index in [0.717, 1.165) is 12.0 Å². The first-order chi connectivity index (χ1) is 14.4. The minimum Gasteiger partial charge on any atom is -0.366 e. The molecule has 1 aromatic heterocycles. The largest absolute Gasteiger partial charge is 0.366 e. The molecule has 0 fully saturated rings. The van der Waals surface area contributed by atoms with Gasteiger partial charge in [0.15, 0.2) is 0 Å². The van der Waals surface area contributed by atoms with E-state index in [2.05, 4.69) is 65.8 Å². The number of aryl methyl sites for hydroxylation is 1. The Labute approximate surface area is 175 Å². The molecule has 156 valence electrons. The average molecular weight is 406 g/mol. The van der Waals surface area contributed by atoms with Gasteiger partial charge in [-0.15, -0.1) is 10.2 Å². The van der Waals surface area contributed by atoms with Crippen molar-refractivity contribution in [3.8, 4) is 11.4 Å². The number of aromatic nitrogens is 4. The third-order valence-corrected chi connectivity index (χ3v) is 4.90. The van der Waals surface area contributed by atoms with Crippen LogP contribution >= 0.6 is 0 Å². The maximum absolute atomic E-state index is 12.6. The molecule has 0 saturated heterocycles. The number of tetrazole rings is 1. The summed E-state index contributed by atoms with van der Waals surface area (Å²) in [5.41, 5.74) is 8.66. The van der Waals surface area contributed by atoms with Gasteiger partial charge in [0.05, 0.1) is 6.04 Å². The van der Waals surface area contributed by atoms with Crippen molar-refractivity contribution in [2.75, 3.05) is 0 Å². The first-order valence-corrected chi connectivity index (χ1v) is 9.93. The summed E-state index contributed by atoms with van der Waals surface area (Å²) in [5.74, 6) is -0.0981. The molecule has 0 aliphatic carbocycles. The van der Waals surface area contributed by atoms with Crippen LogP contribution in [0.15, 0.2) is 48.5 Å². The molecule has 0 bridgehead atoms. The van der Waals surface area contributed by atoms with E-state index in [0.29, 0.717) is 17.0 Å². The summed E-state index contributed by atoms with van der Waals surface area (Å²) in [6.07, 6.45) is 0.977. The van der Waals surface area contributed by atoms with Crippen LogP contribution in [0.5, 0.6) is 0 Å². The van der Waals surface area contributed by atoms with Crippen molar-refractivity contribution in [3.63, 3.8) is 0 Å². The molecule has 0 spiro atoms. The minimum absolute atomic E-state index is 0.0391. The molecule has 30 heavy (non-hydrogen) atoms. The number of benzene rings is 2. The van der Waals surface area contributed by atoms with Crippen molar-refractivity contribution in [3.05, 3.63) is 65.2 Å². The third-order valence-electron chi connectivity index (χ3n) is 4.90. The number of amides is 2. The maximum Gasteiger partial charge on any atom is 0.248 e. The zero-order chi connectivity index (χ0) is 21.7. The van der Waals surface area contributed by atoms with Gasteiger partial charge in [-0.05, 0) is 40.8 Å². The molecule has 0 unspecified atom stereocenters. The number of hydrogen-bond donors (Lipinski definition) is 2. The van der Waals surface area contributed by atoms with Crippen molar-refractivity contribution >= 4 is 11.8 Å². The number of nitrogens with one attached hydrogen (secondary N) is 1. The van der Waals surface area contributed by atoms with Gasteiger partial charge >= 0.3 is 0 Å². The van der Waals surface area contributed by atoms with E-state index < -0.39 is 5.91 Å².